The van der Waals surface area contributed by atoms with Crippen LogP contribution in [0.2, 0.25) is 0 Å². The van der Waals surface area contributed by atoms with E-state index in [1.807, 2.05) is 0 Å². The first-order valence-electron chi connectivity index (χ1n) is 5.22. The molecule has 0 radical (unpaired) electrons. The zero-order valence-corrected chi connectivity index (χ0v) is 8.91. The van der Waals surface area contributed by atoms with E-state index in [9.17, 15) is 4.79 Å². The number of hydrogen-bond acceptors (Lipinski definition) is 5. The lowest BCUT2D eigenvalue weighted by atomic mass is 10.1. The van der Waals surface area contributed by atoms with Crippen molar-refractivity contribution >= 4 is 11.9 Å². The van der Waals surface area contributed by atoms with Gasteiger partial charge in [-0.05, 0) is 6.42 Å². The molecule has 7 heteroatoms. The number of aliphatic hydroxyl groups is 1. The summed E-state index contributed by atoms with van der Waals surface area (Å²) in [5.41, 5.74) is 5.35. The molecular formula is C9H15N5O2. The Bertz CT molecular complexity index is 378. The number of aliphatic hydroxyl groups excluding tert-OH is 1. The number of hydrogen-bond donors (Lipinski definition) is 2. The predicted octanol–water partition coefficient (Wildman–Crippen LogP) is -1.30. The molecule has 2 rings (SSSR count). The lowest BCUT2D eigenvalue weighted by Gasteiger charge is -2.15. The van der Waals surface area contributed by atoms with Crippen LogP contribution in [0.5, 0.6) is 0 Å². The average molecular weight is 225 g/mol. The molecule has 0 spiro atoms. The molecule has 1 unspecified atom stereocenters. The number of carbonyl (C=O) groups is 1. The Morgan fingerprint density at radius 1 is 1.69 bits per heavy atom. The van der Waals surface area contributed by atoms with Crippen LogP contribution in [0.1, 0.15) is 6.42 Å². The van der Waals surface area contributed by atoms with Crippen molar-refractivity contribution in [2.75, 3.05) is 25.4 Å². The minimum atomic E-state index is -0.0131. The minimum absolute atomic E-state index is 0.0131. The highest BCUT2D eigenvalue weighted by Crippen LogP contribution is 2.15. The van der Waals surface area contributed by atoms with Crippen LogP contribution < -0.4 is 5.73 Å². The van der Waals surface area contributed by atoms with E-state index in [4.69, 9.17) is 10.8 Å². The van der Waals surface area contributed by atoms with Crippen molar-refractivity contribution in [3.05, 3.63) is 6.33 Å². The van der Waals surface area contributed by atoms with E-state index < -0.39 is 0 Å². The van der Waals surface area contributed by atoms with Crippen molar-refractivity contribution in [2.45, 2.75) is 13.0 Å². The molecule has 1 fully saturated rings. The highest BCUT2D eigenvalue weighted by atomic mass is 16.3. The van der Waals surface area contributed by atoms with Gasteiger partial charge in [0.2, 0.25) is 11.9 Å². The molecule has 1 aliphatic heterocycles. The Hall–Kier alpha value is -1.63. The van der Waals surface area contributed by atoms with Crippen LogP contribution in [0, 0.1) is 5.92 Å². The molecule has 0 bridgehead atoms. The number of carbonyl (C=O) groups excluding carboxylic acids is 1. The Kier molecular flexibility index (Phi) is 3.04. The van der Waals surface area contributed by atoms with Crippen LogP contribution in [-0.2, 0) is 11.3 Å². The molecular weight excluding hydrogens is 210 g/mol. The lowest BCUT2D eigenvalue weighted by Crippen LogP contribution is -2.32. The molecule has 1 aliphatic rings. The maximum atomic E-state index is 11.8. The quantitative estimate of drug-likeness (QED) is 0.666. The summed E-state index contributed by atoms with van der Waals surface area (Å²) in [7, 11) is 0. The van der Waals surface area contributed by atoms with Crippen LogP contribution in [0.15, 0.2) is 6.33 Å². The van der Waals surface area contributed by atoms with E-state index in [0.29, 0.717) is 13.1 Å². The summed E-state index contributed by atoms with van der Waals surface area (Å²) in [4.78, 5) is 17.3. The molecule has 88 valence electrons. The van der Waals surface area contributed by atoms with Gasteiger partial charge in [0.1, 0.15) is 12.9 Å². The van der Waals surface area contributed by atoms with Crippen LogP contribution in [0.4, 0.5) is 5.95 Å². The molecule has 1 saturated heterocycles. The average Bonchev–Trinajstić information content (AvgIpc) is 2.87. The van der Waals surface area contributed by atoms with Crippen molar-refractivity contribution in [1.82, 2.24) is 19.7 Å². The molecule has 0 saturated carbocycles. The first kappa shape index (κ1) is 10.9. The standard InChI is InChI=1S/C9H15N5O2/c10-9-11-6-14(12-9)4-8(16)13-2-1-7(3-13)5-15/h6-7,15H,1-5H2,(H2,10,12). The fourth-order valence-electron chi connectivity index (χ4n) is 1.83. The third-order valence-corrected chi connectivity index (χ3v) is 2.75. The fraction of sp³-hybridized carbons (Fsp3) is 0.667. The Balaban J connectivity index is 1.89. The van der Waals surface area contributed by atoms with E-state index in [0.717, 1.165) is 6.42 Å². The monoisotopic (exact) mass is 225 g/mol. The van der Waals surface area contributed by atoms with E-state index in [-0.39, 0.29) is 30.9 Å². The lowest BCUT2D eigenvalue weighted by molar-refractivity contribution is -0.131. The van der Waals surface area contributed by atoms with Gasteiger partial charge in [-0.1, -0.05) is 0 Å². The summed E-state index contributed by atoms with van der Waals surface area (Å²) in [5, 5.41) is 12.8. The van der Waals surface area contributed by atoms with E-state index in [1.54, 1.807) is 4.90 Å². The maximum absolute atomic E-state index is 11.8. The zero-order valence-electron chi connectivity index (χ0n) is 8.91. The van der Waals surface area contributed by atoms with Crippen molar-refractivity contribution in [1.29, 1.82) is 0 Å². The minimum Gasteiger partial charge on any atom is -0.396 e. The second-order valence-electron chi connectivity index (χ2n) is 3.98. The molecule has 1 aromatic heterocycles. The highest BCUT2D eigenvalue weighted by Gasteiger charge is 2.25. The van der Waals surface area contributed by atoms with Gasteiger partial charge in [0.05, 0.1) is 0 Å². The highest BCUT2D eigenvalue weighted by molar-refractivity contribution is 5.76. The summed E-state index contributed by atoms with van der Waals surface area (Å²) in [6.07, 6.45) is 2.30. The van der Waals surface area contributed by atoms with Gasteiger partial charge in [0, 0.05) is 25.6 Å². The van der Waals surface area contributed by atoms with Crippen molar-refractivity contribution in [3.63, 3.8) is 0 Å². The van der Waals surface area contributed by atoms with Gasteiger partial charge in [-0.3, -0.25) is 4.79 Å². The third kappa shape index (κ3) is 2.30. The molecule has 1 atom stereocenters. The zero-order chi connectivity index (χ0) is 11.5. The van der Waals surface area contributed by atoms with Crippen LogP contribution >= 0.6 is 0 Å². The Labute approximate surface area is 92.9 Å². The van der Waals surface area contributed by atoms with Crippen LogP contribution in [0.3, 0.4) is 0 Å². The molecule has 1 aromatic rings. The van der Waals surface area contributed by atoms with Crippen LogP contribution in [0.25, 0.3) is 0 Å². The van der Waals surface area contributed by atoms with E-state index >= 15 is 0 Å². The SMILES string of the molecule is Nc1ncn(CC(=O)N2CCC(CO)C2)n1. The number of nitrogen functional groups attached to an aromatic ring is 1. The van der Waals surface area contributed by atoms with E-state index in [2.05, 4.69) is 10.1 Å². The summed E-state index contributed by atoms with van der Waals surface area (Å²) in [5.74, 6) is 0.369. The second-order valence-corrected chi connectivity index (χ2v) is 3.98. The molecule has 2 heterocycles. The first-order valence-corrected chi connectivity index (χ1v) is 5.22. The van der Waals surface area contributed by atoms with Gasteiger partial charge in [-0.2, -0.15) is 0 Å². The Morgan fingerprint density at radius 3 is 3.06 bits per heavy atom. The van der Waals surface area contributed by atoms with Crippen molar-refractivity contribution in [3.8, 4) is 0 Å². The number of nitrogens with zero attached hydrogens (tertiary/aromatic N) is 4. The van der Waals surface area contributed by atoms with E-state index in [1.165, 1.54) is 11.0 Å². The summed E-state index contributed by atoms with van der Waals surface area (Å²) >= 11 is 0. The number of rotatable bonds is 3. The summed E-state index contributed by atoms with van der Waals surface area (Å²) in [6, 6.07) is 0. The molecule has 7 nitrogen and oxygen atoms in total. The first-order chi connectivity index (χ1) is 7.69. The van der Waals surface area contributed by atoms with Gasteiger partial charge < -0.3 is 15.7 Å². The van der Waals surface area contributed by atoms with Gasteiger partial charge in [-0.15, -0.1) is 5.10 Å². The van der Waals surface area contributed by atoms with Crippen molar-refractivity contribution in [2.24, 2.45) is 5.92 Å². The van der Waals surface area contributed by atoms with Gasteiger partial charge in [0.15, 0.2) is 0 Å². The molecule has 1 amide bonds. The van der Waals surface area contributed by atoms with Crippen LogP contribution in [-0.4, -0.2) is 50.4 Å². The molecule has 16 heavy (non-hydrogen) atoms. The number of likely N-dealkylation sites (tertiary alicyclic amines) is 1. The number of amides is 1. The molecule has 0 aliphatic carbocycles. The second kappa shape index (κ2) is 4.48. The number of aromatic nitrogens is 3. The normalized spacial score (nSPS) is 20.3. The largest absolute Gasteiger partial charge is 0.396 e. The van der Waals surface area contributed by atoms with Gasteiger partial charge in [0.25, 0.3) is 0 Å². The summed E-state index contributed by atoms with van der Waals surface area (Å²) < 4.78 is 1.42. The van der Waals surface area contributed by atoms with Gasteiger partial charge >= 0.3 is 0 Å². The smallest absolute Gasteiger partial charge is 0.244 e. The summed E-state index contributed by atoms with van der Waals surface area (Å²) in [6.45, 7) is 1.62. The topological polar surface area (TPSA) is 97.3 Å². The fourth-order valence-corrected chi connectivity index (χ4v) is 1.83. The predicted molar refractivity (Wildman–Crippen MR) is 56.2 cm³/mol. The maximum Gasteiger partial charge on any atom is 0.244 e. The molecule has 0 aromatic carbocycles. The van der Waals surface area contributed by atoms with Gasteiger partial charge in [-0.25, -0.2) is 9.67 Å². The molecule has 3 N–H and O–H groups in total. The number of anilines is 1. The number of nitrogens with two attached hydrogens (primary N) is 1. The Morgan fingerprint density at radius 2 is 2.50 bits per heavy atom. The third-order valence-electron chi connectivity index (χ3n) is 2.75. The van der Waals surface area contributed by atoms with Crippen molar-refractivity contribution < 1.29 is 9.90 Å².